The molecule has 5 rings (SSSR count). The summed E-state index contributed by atoms with van der Waals surface area (Å²) in [5.74, 6) is 2.32. The highest BCUT2D eigenvalue weighted by atomic mass is 32.2. The highest BCUT2D eigenvalue weighted by Gasteiger charge is 2.51. The van der Waals surface area contributed by atoms with Crippen LogP contribution in [-0.2, 0) is 20.2 Å². The summed E-state index contributed by atoms with van der Waals surface area (Å²) in [5.41, 5.74) is 1.84. The van der Waals surface area contributed by atoms with Gasteiger partial charge in [0.1, 0.15) is 6.54 Å². The summed E-state index contributed by atoms with van der Waals surface area (Å²) >= 11 is 0. The van der Waals surface area contributed by atoms with Crippen LogP contribution in [0.3, 0.4) is 0 Å². The average molecular weight is 475 g/mol. The van der Waals surface area contributed by atoms with Crippen LogP contribution in [0.5, 0.6) is 0 Å². The standard InChI is InChI=1S/C27H42N2O3S/c1-25(2,3)18-26(4,5)28-24(30)17-29(33(6,31)32)23-9-7-22(8-10-23)27-14-19-11-20(15-27)13-21(12-19)16-27/h7-10,19-21H,11-18H2,1-6H3,(H,28,30). The molecule has 4 aliphatic rings. The first-order valence-corrected chi connectivity index (χ1v) is 14.4. The molecule has 0 radical (unpaired) electrons. The van der Waals surface area contributed by atoms with Crippen molar-refractivity contribution in [3.63, 3.8) is 0 Å². The van der Waals surface area contributed by atoms with E-state index in [4.69, 9.17) is 0 Å². The molecule has 0 spiro atoms. The predicted octanol–water partition coefficient (Wildman–Crippen LogP) is 5.25. The number of nitrogens with zero attached hydrogens (tertiary/aromatic N) is 1. The molecular formula is C27H42N2O3S. The highest BCUT2D eigenvalue weighted by molar-refractivity contribution is 7.92. The number of benzene rings is 1. The van der Waals surface area contributed by atoms with Crippen molar-refractivity contribution in [2.45, 2.75) is 90.5 Å². The zero-order chi connectivity index (χ0) is 24.2. The average Bonchev–Trinajstić information content (AvgIpc) is 2.62. The molecule has 1 aromatic rings. The fraction of sp³-hybridized carbons (Fsp3) is 0.741. The van der Waals surface area contributed by atoms with E-state index in [9.17, 15) is 13.2 Å². The molecule has 1 amide bonds. The molecule has 33 heavy (non-hydrogen) atoms. The predicted molar refractivity (Wildman–Crippen MR) is 135 cm³/mol. The number of anilines is 1. The van der Waals surface area contributed by atoms with Gasteiger partial charge in [0.15, 0.2) is 0 Å². The van der Waals surface area contributed by atoms with Crippen LogP contribution < -0.4 is 9.62 Å². The van der Waals surface area contributed by atoms with E-state index < -0.39 is 15.6 Å². The Morgan fingerprint density at radius 1 is 0.970 bits per heavy atom. The molecular weight excluding hydrogens is 432 g/mol. The minimum Gasteiger partial charge on any atom is -0.350 e. The molecule has 0 aliphatic heterocycles. The van der Waals surface area contributed by atoms with Crippen molar-refractivity contribution < 1.29 is 13.2 Å². The van der Waals surface area contributed by atoms with Gasteiger partial charge in [-0.3, -0.25) is 9.10 Å². The van der Waals surface area contributed by atoms with E-state index in [1.165, 1.54) is 54.6 Å². The zero-order valence-electron chi connectivity index (χ0n) is 21.3. The second kappa shape index (κ2) is 8.28. The molecule has 4 saturated carbocycles. The van der Waals surface area contributed by atoms with Gasteiger partial charge >= 0.3 is 0 Å². The van der Waals surface area contributed by atoms with E-state index in [0.717, 1.165) is 24.2 Å². The van der Waals surface area contributed by atoms with Gasteiger partial charge in [0.25, 0.3) is 0 Å². The lowest BCUT2D eigenvalue weighted by Crippen LogP contribution is -2.50. The first kappa shape index (κ1) is 24.6. The third kappa shape index (κ3) is 5.58. The molecule has 4 fully saturated rings. The first-order chi connectivity index (χ1) is 15.1. The maximum Gasteiger partial charge on any atom is 0.241 e. The van der Waals surface area contributed by atoms with E-state index in [0.29, 0.717) is 5.69 Å². The number of sulfonamides is 1. The zero-order valence-corrected chi connectivity index (χ0v) is 22.1. The summed E-state index contributed by atoms with van der Waals surface area (Å²) in [6, 6.07) is 8.06. The van der Waals surface area contributed by atoms with Crippen LogP contribution in [0.1, 0.15) is 85.1 Å². The molecule has 4 bridgehead atoms. The van der Waals surface area contributed by atoms with E-state index in [1.54, 1.807) is 0 Å². The Balaban J connectivity index is 1.50. The summed E-state index contributed by atoms with van der Waals surface area (Å²) in [6.07, 6.45) is 10.0. The van der Waals surface area contributed by atoms with Gasteiger partial charge in [-0.05, 0) is 105 Å². The summed E-state index contributed by atoms with van der Waals surface area (Å²) in [6.45, 7) is 10.2. The van der Waals surface area contributed by atoms with Crippen LogP contribution in [0.25, 0.3) is 0 Å². The Hall–Kier alpha value is -1.56. The molecule has 0 unspecified atom stereocenters. The summed E-state index contributed by atoms with van der Waals surface area (Å²) in [5, 5.41) is 3.04. The minimum absolute atomic E-state index is 0.0559. The number of amides is 1. The van der Waals surface area contributed by atoms with E-state index in [1.807, 2.05) is 26.0 Å². The highest BCUT2D eigenvalue weighted by Crippen LogP contribution is 2.60. The fourth-order valence-electron chi connectivity index (χ4n) is 7.76. The number of nitrogens with one attached hydrogen (secondary N) is 1. The van der Waals surface area contributed by atoms with Crippen molar-refractivity contribution in [3.05, 3.63) is 29.8 Å². The van der Waals surface area contributed by atoms with Crippen molar-refractivity contribution in [1.29, 1.82) is 0 Å². The van der Waals surface area contributed by atoms with E-state index in [2.05, 4.69) is 38.2 Å². The number of rotatable bonds is 7. The fourth-order valence-corrected chi connectivity index (χ4v) is 8.62. The van der Waals surface area contributed by atoms with Crippen LogP contribution >= 0.6 is 0 Å². The van der Waals surface area contributed by atoms with Crippen molar-refractivity contribution >= 4 is 21.6 Å². The second-order valence-corrected chi connectivity index (χ2v) is 15.1. The largest absolute Gasteiger partial charge is 0.350 e. The normalized spacial score (nSPS) is 29.2. The molecule has 1 aromatic carbocycles. The van der Waals surface area contributed by atoms with Crippen molar-refractivity contribution in [2.75, 3.05) is 17.1 Å². The van der Waals surface area contributed by atoms with Crippen molar-refractivity contribution in [3.8, 4) is 0 Å². The first-order valence-electron chi connectivity index (χ1n) is 12.5. The molecule has 1 N–H and O–H groups in total. The van der Waals surface area contributed by atoms with Crippen LogP contribution in [0, 0.1) is 23.2 Å². The Labute approximate surface area is 200 Å². The third-order valence-electron chi connectivity index (χ3n) is 7.94. The molecule has 0 aromatic heterocycles. The van der Waals surface area contributed by atoms with Crippen LogP contribution in [0.4, 0.5) is 5.69 Å². The Bertz CT molecular complexity index is 954. The summed E-state index contributed by atoms with van der Waals surface area (Å²) in [4.78, 5) is 12.9. The summed E-state index contributed by atoms with van der Waals surface area (Å²) in [7, 11) is -3.59. The lowest BCUT2D eigenvalue weighted by Gasteiger charge is -2.57. The van der Waals surface area contributed by atoms with Gasteiger partial charge < -0.3 is 5.32 Å². The van der Waals surface area contributed by atoms with Crippen LogP contribution in [0.2, 0.25) is 0 Å². The van der Waals surface area contributed by atoms with Gasteiger partial charge in [0, 0.05) is 5.54 Å². The van der Waals surface area contributed by atoms with Crippen molar-refractivity contribution in [2.24, 2.45) is 23.2 Å². The number of hydrogen-bond donors (Lipinski definition) is 1. The molecule has 4 aliphatic carbocycles. The van der Waals surface area contributed by atoms with Crippen LogP contribution in [0.15, 0.2) is 24.3 Å². The molecule has 0 heterocycles. The van der Waals surface area contributed by atoms with Gasteiger partial charge in [0.05, 0.1) is 11.9 Å². The Morgan fingerprint density at radius 2 is 1.45 bits per heavy atom. The van der Waals surface area contributed by atoms with E-state index in [-0.39, 0.29) is 23.3 Å². The Morgan fingerprint density at radius 3 is 1.88 bits per heavy atom. The molecule has 0 saturated heterocycles. The molecule has 5 nitrogen and oxygen atoms in total. The maximum atomic E-state index is 12.9. The smallest absolute Gasteiger partial charge is 0.241 e. The number of carbonyl (C=O) groups excluding carboxylic acids is 1. The van der Waals surface area contributed by atoms with Crippen molar-refractivity contribution in [1.82, 2.24) is 5.32 Å². The number of hydrogen-bond acceptors (Lipinski definition) is 3. The topological polar surface area (TPSA) is 66.5 Å². The van der Waals surface area contributed by atoms with Gasteiger partial charge in [0.2, 0.25) is 15.9 Å². The van der Waals surface area contributed by atoms with Gasteiger partial charge in [-0.25, -0.2) is 8.42 Å². The van der Waals surface area contributed by atoms with Gasteiger partial charge in [-0.15, -0.1) is 0 Å². The van der Waals surface area contributed by atoms with Crippen LogP contribution in [-0.4, -0.2) is 32.7 Å². The molecule has 184 valence electrons. The maximum absolute atomic E-state index is 12.9. The lowest BCUT2D eigenvalue weighted by molar-refractivity contribution is -0.121. The molecule has 0 atom stereocenters. The lowest BCUT2D eigenvalue weighted by atomic mass is 9.48. The number of carbonyl (C=O) groups is 1. The van der Waals surface area contributed by atoms with E-state index >= 15 is 0 Å². The summed E-state index contributed by atoms with van der Waals surface area (Å²) < 4.78 is 26.5. The monoisotopic (exact) mass is 474 g/mol. The molecule has 6 heteroatoms. The van der Waals surface area contributed by atoms with Gasteiger partial charge in [-0.2, -0.15) is 0 Å². The Kier molecular flexibility index (Phi) is 6.16. The second-order valence-electron chi connectivity index (χ2n) is 13.2. The SMILES string of the molecule is CC(C)(C)CC(C)(C)NC(=O)CN(c1ccc(C23CC4CC(CC(C4)C2)C3)cc1)S(C)(=O)=O. The quantitative estimate of drug-likeness (QED) is 0.587. The third-order valence-corrected chi connectivity index (χ3v) is 9.08. The minimum atomic E-state index is -3.59. The van der Waals surface area contributed by atoms with Gasteiger partial charge in [-0.1, -0.05) is 32.9 Å².